The van der Waals surface area contributed by atoms with Crippen molar-refractivity contribution in [2.24, 2.45) is 10.9 Å². The first kappa shape index (κ1) is 22.1. The molecule has 2 aliphatic rings. The van der Waals surface area contributed by atoms with Crippen LogP contribution in [0.3, 0.4) is 0 Å². The second-order valence-corrected chi connectivity index (χ2v) is 8.19. The van der Waals surface area contributed by atoms with Crippen molar-refractivity contribution in [3.05, 3.63) is 29.8 Å². The minimum absolute atomic E-state index is 0.0448. The van der Waals surface area contributed by atoms with Crippen LogP contribution in [0.4, 0.5) is 5.69 Å². The van der Waals surface area contributed by atoms with Crippen LogP contribution in [0, 0.1) is 5.92 Å². The Balaban J connectivity index is 1.50. The Bertz CT molecular complexity index is 758. The van der Waals surface area contributed by atoms with E-state index in [1.54, 1.807) is 0 Å². The normalized spacial score (nSPS) is 19.7. The van der Waals surface area contributed by atoms with Gasteiger partial charge in [-0.1, -0.05) is 31.9 Å². The average molecular weight is 414 g/mol. The number of carbonyl (C=O) groups excluding carboxylic acids is 2. The molecule has 1 unspecified atom stereocenters. The van der Waals surface area contributed by atoms with Crippen LogP contribution in [0.5, 0.6) is 0 Å². The smallest absolute Gasteiger partial charge is 0.246 e. The molecule has 1 aliphatic carbocycles. The van der Waals surface area contributed by atoms with Gasteiger partial charge in [-0.2, -0.15) is 0 Å². The van der Waals surface area contributed by atoms with E-state index in [1.807, 2.05) is 36.1 Å². The number of aryl methyl sites for hydroxylation is 1. The summed E-state index contributed by atoms with van der Waals surface area (Å²) < 4.78 is 0. The Morgan fingerprint density at radius 2 is 1.97 bits per heavy atom. The molecular weight excluding hydrogens is 378 g/mol. The minimum atomic E-state index is -0.148. The van der Waals surface area contributed by atoms with Gasteiger partial charge in [0.1, 0.15) is 6.54 Å². The Hall–Kier alpha value is -2.57. The highest BCUT2D eigenvalue weighted by Gasteiger charge is 2.32. The number of aliphatic imine (C=N–C) groups is 1. The zero-order chi connectivity index (χ0) is 21.3. The van der Waals surface area contributed by atoms with Crippen LogP contribution in [-0.2, 0) is 16.0 Å². The van der Waals surface area contributed by atoms with Crippen molar-refractivity contribution in [1.29, 1.82) is 0 Å². The molecule has 164 valence electrons. The summed E-state index contributed by atoms with van der Waals surface area (Å²) in [5, 5.41) is 9.50. The topological polar surface area (TPSA) is 85.8 Å². The van der Waals surface area contributed by atoms with E-state index >= 15 is 0 Å². The highest BCUT2D eigenvalue weighted by Crippen LogP contribution is 2.27. The van der Waals surface area contributed by atoms with Crippen LogP contribution < -0.4 is 16.0 Å². The molecule has 3 N–H and O–H groups in total. The number of hydrogen-bond donors (Lipinski definition) is 3. The maximum Gasteiger partial charge on any atom is 0.246 e. The van der Waals surface area contributed by atoms with Crippen LogP contribution in [0.15, 0.2) is 29.3 Å². The minimum Gasteiger partial charge on any atom is -0.357 e. The molecule has 0 radical (unpaired) electrons. The van der Waals surface area contributed by atoms with Crippen molar-refractivity contribution in [3.8, 4) is 0 Å². The SMILES string of the molecule is CCNC(=NCC(=O)Nc1cccc(CC)c1)NC1CCN(C(=O)C2CCCC2)C1. The molecule has 2 fully saturated rings. The van der Waals surface area contributed by atoms with E-state index in [0.717, 1.165) is 37.9 Å². The van der Waals surface area contributed by atoms with Gasteiger partial charge in [0.2, 0.25) is 11.8 Å². The molecule has 7 heteroatoms. The molecule has 3 rings (SSSR count). The van der Waals surface area contributed by atoms with Crippen LogP contribution in [0.25, 0.3) is 0 Å². The second kappa shape index (κ2) is 11.0. The number of rotatable bonds is 7. The fourth-order valence-electron chi connectivity index (χ4n) is 4.24. The van der Waals surface area contributed by atoms with Gasteiger partial charge in [-0.15, -0.1) is 0 Å². The summed E-state index contributed by atoms with van der Waals surface area (Å²) in [6, 6.07) is 8.03. The maximum absolute atomic E-state index is 12.6. The largest absolute Gasteiger partial charge is 0.357 e. The molecular formula is C23H35N5O2. The molecule has 1 heterocycles. The highest BCUT2D eigenvalue weighted by molar-refractivity contribution is 5.94. The molecule has 1 saturated carbocycles. The Labute approximate surface area is 179 Å². The van der Waals surface area contributed by atoms with Crippen molar-refractivity contribution < 1.29 is 9.59 Å². The first-order valence-electron chi connectivity index (χ1n) is 11.3. The summed E-state index contributed by atoms with van der Waals surface area (Å²) in [7, 11) is 0. The predicted molar refractivity (Wildman–Crippen MR) is 121 cm³/mol. The molecule has 2 amide bonds. The summed E-state index contributed by atoms with van der Waals surface area (Å²) >= 11 is 0. The number of guanidine groups is 1. The van der Waals surface area contributed by atoms with Gasteiger partial charge >= 0.3 is 0 Å². The van der Waals surface area contributed by atoms with E-state index in [2.05, 4.69) is 27.9 Å². The number of nitrogens with zero attached hydrogens (tertiary/aromatic N) is 2. The third-order valence-corrected chi connectivity index (χ3v) is 5.89. The van der Waals surface area contributed by atoms with Gasteiger partial charge in [-0.05, 0) is 50.3 Å². The molecule has 0 aromatic heterocycles. The third-order valence-electron chi connectivity index (χ3n) is 5.89. The van der Waals surface area contributed by atoms with E-state index in [-0.39, 0.29) is 24.4 Å². The van der Waals surface area contributed by atoms with E-state index in [1.165, 1.54) is 18.4 Å². The van der Waals surface area contributed by atoms with E-state index in [9.17, 15) is 9.59 Å². The van der Waals surface area contributed by atoms with Gasteiger partial charge in [-0.3, -0.25) is 9.59 Å². The van der Waals surface area contributed by atoms with E-state index < -0.39 is 0 Å². The van der Waals surface area contributed by atoms with Gasteiger partial charge in [0.15, 0.2) is 5.96 Å². The predicted octanol–water partition coefficient (Wildman–Crippen LogP) is 2.53. The summed E-state index contributed by atoms with van der Waals surface area (Å²) in [4.78, 5) is 31.4. The summed E-state index contributed by atoms with van der Waals surface area (Å²) in [6.45, 7) is 6.34. The fraction of sp³-hybridized carbons (Fsp3) is 0.609. The number of hydrogen-bond acceptors (Lipinski definition) is 3. The van der Waals surface area contributed by atoms with Gasteiger partial charge in [-0.25, -0.2) is 4.99 Å². The molecule has 1 aromatic rings. The fourth-order valence-corrected chi connectivity index (χ4v) is 4.24. The van der Waals surface area contributed by atoms with Crippen LogP contribution in [-0.4, -0.2) is 54.9 Å². The Morgan fingerprint density at radius 1 is 1.17 bits per heavy atom. The van der Waals surface area contributed by atoms with Gasteiger partial charge in [0.25, 0.3) is 0 Å². The van der Waals surface area contributed by atoms with Crippen LogP contribution >= 0.6 is 0 Å². The standard InChI is InChI=1S/C23H35N5O2/c1-3-17-8-7-11-19(14-17)26-21(29)15-25-23(24-4-2)27-20-12-13-28(16-20)22(30)18-9-5-6-10-18/h7-8,11,14,18,20H,3-6,9-10,12-13,15-16H2,1-2H3,(H,26,29)(H2,24,25,27). The number of amides is 2. The Morgan fingerprint density at radius 3 is 2.70 bits per heavy atom. The quantitative estimate of drug-likeness (QED) is 0.474. The first-order chi connectivity index (χ1) is 14.6. The first-order valence-corrected chi connectivity index (χ1v) is 11.3. The van der Waals surface area contributed by atoms with Crippen molar-refractivity contribution >= 4 is 23.5 Å². The monoisotopic (exact) mass is 413 g/mol. The van der Waals surface area contributed by atoms with Crippen LogP contribution in [0.1, 0.15) is 51.5 Å². The lowest BCUT2D eigenvalue weighted by Crippen LogP contribution is -2.45. The van der Waals surface area contributed by atoms with Crippen molar-refractivity contribution in [3.63, 3.8) is 0 Å². The molecule has 7 nitrogen and oxygen atoms in total. The highest BCUT2D eigenvalue weighted by atomic mass is 16.2. The molecule has 0 spiro atoms. The average Bonchev–Trinajstić information content (AvgIpc) is 3.44. The third kappa shape index (κ3) is 6.21. The number of nitrogens with one attached hydrogen (secondary N) is 3. The number of benzene rings is 1. The van der Waals surface area contributed by atoms with Gasteiger partial charge in [0, 0.05) is 37.3 Å². The lowest BCUT2D eigenvalue weighted by atomic mass is 10.1. The zero-order valence-corrected chi connectivity index (χ0v) is 18.2. The van der Waals surface area contributed by atoms with Crippen molar-refractivity contribution in [1.82, 2.24) is 15.5 Å². The second-order valence-electron chi connectivity index (χ2n) is 8.19. The molecule has 1 aliphatic heterocycles. The zero-order valence-electron chi connectivity index (χ0n) is 18.2. The van der Waals surface area contributed by atoms with Crippen molar-refractivity contribution in [2.75, 3.05) is 31.5 Å². The Kier molecular flexibility index (Phi) is 8.11. The number of carbonyl (C=O) groups is 2. The molecule has 1 atom stereocenters. The lowest BCUT2D eigenvalue weighted by molar-refractivity contribution is -0.134. The lowest BCUT2D eigenvalue weighted by Gasteiger charge is -2.21. The number of anilines is 1. The number of likely N-dealkylation sites (tertiary alicyclic amines) is 1. The van der Waals surface area contributed by atoms with Crippen LogP contribution in [0.2, 0.25) is 0 Å². The van der Waals surface area contributed by atoms with E-state index in [4.69, 9.17) is 0 Å². The molecule has 0 bridgehead atoms. The summed E-state index contributed by atoms with van der Waals surface area (Å²) in [6.07, 6.45) is 6.25. The molecule has 1 saturated heterocycles. The summed E-state index contributed by atoms with van der Waals surface area (Å²) in [5.41, 5.74) is 1.98. The molecule has 30 heavy (non-hydrogen) atoms. The van der Waals surface area contributed by atoms with Crippen molar-refractivity contribution in [2.45, 2.75) is 58.4 Å². The van der Waals surface area contributed by atoms with E-state index in [0.29, 0.717) is 25.0 Å². The van der Waals surface area contributed by atoms with Gasteiger partial charge < -0.3 is 20.9 Å². The molecule has 1 aromatic carbocycles. The summed E-state index contributed by atoms with van der Waals surface area (Å²) in [5.74, 6) is 1.01. The maximum atomic E-state index is 12.6. The van der Waals surface area contributed by atoms with Gasteiger partial charge in [0.05, 0.1) is 0 Å².